The molecule has 2 aromatic carbocycles. The second-order valence-corrected chi connectivity index (χ2v) is 17.9. The standard InChI is InChI=1S/2C8H9O.ClH.Tl/c2*1-7-5-3-4-6-8(7)9-2;;/h2*3-6H,1H2,2H3;1H;/q;;;+1/p-1. The minimum absolute atomic E-state index is 0.943. The summed E-state index contributed by atoms with van der Waals surface area (Å²) in [5.74, 6) is 1.89. The predicted molar refractivity (Wildman–Crippen MR) is 85.0 cm³/mol. The maximum absolute atomic E-state index is 6.72. The minimum atomic E-state index is -2.28. The Kier molecular flexibility index (Phi) is 6.16. The molecule has 0 N–H and O–H groups in total. The summed E-state index contributed by atoms with van der Waals surface area (Å²) < 4.78 is 12.8. The summed E-state index contributed by atoms with van der Waals surface area (Å²) in [4.78, 5) is 0. The van der Waals surface area contributed by atoms with Crippen molar-refractivity contribution >= 4 is 29.8 Å². The summed E-state index contributed by atoms with van der Waals surface area (Å²) in [6.07, 6.45) is 0. The first kappa shape index (κ1) is 15.6. The van der Waals surface area contributed by atoms with Crippen molar-refractivity contribution < 1.29 is 9.47 Å². The third-order valence-electron chi connectivity index (χ3n) is 3.27. The van der Waals surface area contributed by atoms with E-state index in [0.717, 1.165) is 19.5 Å². The second-order valence-electron chi connectivity index (χ2n) is 4.63. The molecule has 0 aliphatic rings. The number of halogens is 1. The molecule has 2 rings (SSSR count). The van der Waals surface area contributed by atoms with Crippen LogP contribution in [0.4, 0.5) is 0 Å². The van der Waals surface area contributed by atoms with E-state index in [2.05, 4.69) is 12.1 Å². The molecule has 0 unspecified atom stereocenters. The Balaban J connectivity index is 2.07. The van der Waals surface area contributed by atoms with Crippen molar-refractivity contribution in [1.29, 1.82) is 0 Å². The van der Waals surface area contributed by atoms with Gasteiger partial charge in [0.05, 0.1) is 0 Å². The number of hydrogen-bond donors (Lipinski definition) is 0. The van der Waals surface area contributed by atoms with E-state index in [1.165, 1.54) is 11.1 Å². The molecular formula is C16H18ClO2Tl. The van der Waals surface area contributed by atoms with Crippen LogP contribution in [-0.2, 0) is 7.96 Å². The number of benzene rings is 2. The van der Waals surface area contributed by atoms with Gasteiger partial charge in [-0.3, -0.25) is 0 Å². The molecule has 0 fully saturated rings. The van der Waals surface area contributed by atoms with Gasteiger partial charge in [-0.05, 0) is 0 Å². The van der Waals surface area contributed by atoms with Gasteiger partial charge in [0.15, 0.2) is 0 Å². The van der Waals surface area contributed by atoms with E-state index in [4.69, 9.17) is 17.8 Å². The average Bonchev–Trinajstić information content (AvgIpc) is 2.48. The van der Waals surface area contributed by atoms with Crippen LogP contribution in [-0.4, -0.2) is 35.7 Å². The number of hydrogen-bond acceptors (Lipinski definition) is 2. The molecular weight excluding hydrogens is 464 g/mol. The summed E-state index contributed by atoms with van der Waals surface area (Å²) in [6, 6.07) is 16.3. The summed E-state index contributed by atoms with van der Waals surface area (Å²) in [5, 5.41) is 0. The Morgan fingerprint density at radius 2 is 1.20 bits per heavy atom. The van der Waals surface area contributed by atoms with Gasteiger partial charge >= 0.3 is 133 Å². The van der Waals surface area contributed by atoms with Gasteiger partial charge in [0.1, 0.15) is 0 Å². The van der Waals surface area contributed by atoms with Crippen LogP contribution < -0.4 is 9.47 Å². The fraction of sp³-hybridized carbons (Fsp3) is 0.250. The zero-order valence-electron chi connectivity index (χ0n) is 11.8. The van der Waals surface area contributed by atoms with Gasteiger partial charge in [-0.15, -0.1) is 0 Å². The van der Waals surface area contributed by atoms with E-state index in [-0.39, 0.29) is 0 Å². The molecule has 20 heavy (non-hydrogen) atoms. The Morgan fingerprint density at radius 1 is 0.800 bits per heavy atom. The fourth-order valence-corrected chi connectivity index (χ4v) is 12.1. The number of rotatable bonds is 6. The van der Waals surface area contributed by atoms with Gasteiger partial charge in [0.25, 0.3) is 0 Å². The first-order valence-corrected chi connectivity index (χ1v) is 18.5. The van der Waals surface area contributed by atoms with Crippen LogP contribution in [0.15, 0.2) is 48.5 Å². The third-order valence-corrected chi connectivity index (χ3v) is 12.8. The zero-order valence-corrected chi connectivity index (χ0v) is 17.0. The van der Waals surface area contributed by atoms with E-state index in [1.54, 1.807) is 14.2 Å². The molecule has 104 valence electrons. The van der Waals surface area contributed by atoms with E-state index >= 15 is 0 Å². The van der Waals surface area contributed by atoms with Crippen LogP contribution in [0, 0.1) is 0 Å². The molecule has 0 aliphatic carbocycles. The van der Waals surface area contributed by atoms with Crippen molar-refractivity contribution in [1.82, 2.24) is 0 Å². The van der Waals surface area contributed by atoms with Gasteiger partial charge in [-0.25, -0.2) is 0 Å². The van der Waals surface area contributed by atoms with Crippen LogP contribution >= 0.6 is 8.32 Å². The summed E-state index contributed by atoms with van der Waals surface area (Å²) >= 11 is -2.28. The average molecular weight is 482 g/mol. The first-order valence-electron chi connectivity index (χ1n) is 6.62. The Morgan fingerprint density at radius 3 is 1.60 bits per heavy atom. The molecule has 0 amide bonds. The maximum atomic E-state index is 6.72. The van der Waals surface area contributed by atoms with E-state index in [1.807, 2.05) is 36.4 Å². The SMILES string of the molecule is COc1ccccc1[CH2][Tl]([Cl])[CH2]c1ccccc1OC. The topological polar surface area (TPSA) is 18.5 Å². The van der Waals surface area contributed by atoms with Crippen molar-refractivity contribution in [3.63, 3.8) is 0 Å². The molecule has 0 saturated carbocycles. The number of ether oxygens (including phenoxy) is 2. The molecule has 0 atom stereocenters. The van der Waals surface area contributed by atoms with Crippen molar-refractivity contribution in [3.05, 3.63) is 59.7 Å². The Hall–Kier alpha value is -0.748. The molecule has 2 nitrogen and oxygen atoms in total. The van der Waals surface area contributed by atoms with E-state index < -0.39 is 21.5 Å². The Labute approximate surface area is 132 Å². The van der Waals surface area contributed by atoms with E-state index in [9.17, 15) is 0 Å². The monoisotopic (exact) mass is 482 g/mol. The second kappa shape index (κ2) is 7.88. The molecule has 0 spiro atoms. The molecule has 0 aliphatic heterocycles. The Bertz CT molecular complexity index is 510. The van der Waals surface area contributed by atoms with Crippen LogP contribution in [0.25, 0.3) is 0 Å². The van der Waals surface area contributed by atoms with Crippen LogP contribution in [0.2, 0.25) is 0 Å². The summed E-state index contributed by atoms with van der Waals surface area (Å²) in [6.45, 7) is 0. The van der Waals surface area contributed by atoms with Gasteiger partial charge in [0, 0.05) is 0 Å². The molecule has 4 heteroatoms. The van der Waals surface area contributed by atoms with Crippen molar-refractivity contribution in [3.8, 4) is 11.5 Å². The van der Waals surface area contributed by atoms with Crippen LogP contribution in [0.5, 0.6) is 11.5 Å². The molecule has 0 saturated heterocycles. The van der Waals surface area contributed by atoms with Gasteiger partial charge in [-0.1, -0.05) is 0 Å². The number of para-hydroxylation sites is 2. The van der Waals surface area contributed by atoms with Crippen molar-refractivity contribution in [2.75, 3.05) is 14.2 Å². The molecule has 0 bridgehead atoms. The van der Waals surface area contributed by atoms with Crippen molar-refractivity contribution in [2.45, 2.75) is 7.96 Å². The fourth-order valence-electron chi connectivity index (χ4n) is 2.29. The molecule has 2 aromatic rings. The molecule has 0 aromatic heterocycles. The van der Waals surface area contributed by atoms with Crippen LogP contribution in [0.1, 0.15) is 11.1 Å². The van der Waals surface area contributed by atoms with Gasteiger partial charge < -0.3 is 0 Å². The summed E-state index contributed by atoms with van der Waals surface area (Å²) in [5.41, 5.74) is 2.46. The third kappa shape index (κ3) is 4.12. The normalized spacial score (nSPS) is 10.2. The summed E-state index contributed by atoms with van der Waals surface area (Å²) in [7, 11) is 10.1. The molecule has 0 heterocycles. The van der Waals surface area contributed by atoms with E-state index in [0.29, 0.717) is 0 Å². The quantitative estimate of drug-likeness (QED) is 0.584. The van der Waals surface area contributed by atoms with Crippen LogP contribution in [0.3, 0.4) is 0 Å². The van der Waals surface area contributed by atoms with Crippen molar-refractivity contribution in [2.24, 2.45) is 0 Å². The number of methoxy groups -OCH3 is 2. The van der Waals surface area contributed by atoms with Gasteiger partial charge in [-0.2, -0.15) is 0 Å². The van der Waals surface area contributed by atoms with Gasteiger partial charge in [0.2, 0.25) is 0 Å². The zero-order chi connectivity index (χ0) is 14.4. The first-order chi connectivity index (χ1) is 9.74. The predicted octanol–water partition coefficient (Wildman–Crippen LogP) is 3.80. The molecule has 0 radical (unpaired) electrons.